The third-order valence-corrected chi connectivity index (χ3v) is 2.43. The zero-order chi connectivity index (χ0) is 8.72. The van der Waals surface area contributed by atoms with E-state index in [1.165, 1.54) is 4.90 Å². The Kier molecular flexibility index (Phi) is 1.59. The molecule has 62 valence electrons. The predicted molar refractivity (Wildman–Crippen MR) is 40.8 cm³/mol. The topological polar surface area (TPSA) is 46.6 Å². The first-order chi connectivity index (χ1) is 5.68. The zero-order valence-corrected chi connectivity index (χ0v) is 6.53. The molecule has 5 heteroatoms. The molecule has 2 aliphatic rings. The third kappa shape index (κ3) is 1.00. The lowest BCUT2D eigenvalue weighted by molar-refractivity contribution is -0.141. The number of rotatable bonds is 0. The number of carbonyl (C=O) groups is 2. The maximum atomic E-state index is 10.8. The highest BCUT2D eigenvalue weighted by molar-refractivity contribution is 6.57. The molecule has 2 radical (unpaired) electrons. The molecule has 2 unspecified atom stereocenters. The Labute approximate surface area is 71.3 Å². The maximum Gasteiger partial charge on any atom is 0.308 e. The second kappa shape index (κ2) is 2.50. The highest BCUT2D eigenvalue weighted by Gasteiger charge is 2.44. The van der Waals surface area contributed by atoms with Gasteiger partial charge in [0.2, 0.25) is 7.85 Å². The number of fused-ring (bicyclic) bond motifs is 1. The van der Waals surface area contributed by atoms with E-state index in [9.17, 15) is 9.59 Å². The van der Waals surface area contributed by atoms with Gasteiger partial charge in [-0.2, -0.15) is 0 Å². The zero-order valence-electron chi connectivity index (χ0n) is 6.53. The lowest BCUT2D eigenvalue weighted by Gasteiger charge is -2.19. The summed E-state index contributed by atoms with van der Waals surface area (Å²) in [6.45, 7) is 0.609. The summed E-state index contributed by atoms with van der Waals surface area (Å²) in [7, 11) is 5.12. The minimum atomic E-state index is -0.458. The van der Waals surface area contributed by atoms with Gasteiger partial charge in [-0.05, 0) is 0 Å². The summed E-state index contributed by atoms with van der Waals surface area (Å²) in [5, 5.41) is 0. The Morgan fingerprint density at radius 1 is 1.67 bits per heavy atom. The van der Waals surface area contributed by atoms with E-state index in [-0.39, 0.29) is 18.1 Å². The molecule has 2 aliphatic heterocycles. The normalized spacial score (nSPS) is 33.3. The molecule has 4 nitrogen and oxygen atoms in total. The minimum Gasteiger partial charge on any atom is -0.460 e. The summed E-state index contributed by atoms with van der Waals surface area (Å²) >= 11 is 0. The highest BCUT2D eigenvalue weighted by Crippen LogP contribution is 2.29. The summed E-state index contributed by atoms with van der Waals surface area (Å²) < 4.78 is 4.98. The number of nitrogens with zero attached hydrogens (tertiary/aromatic N) is 1. The fourth-order valence-corrected chi connectivity index (χ4v) is 1.87. The quantitative estimate of drug-likeness (QED) is 0.364. The van der Waals surface area contributed by atoms with Crippen LogP contribution in [-0.2, 0) is 9.53 Å². The molecule has 0 N–H and O–H groups in total. The van der Waals surface area contributed by atoms with Crippen molar-refractivity contribution in [3.8, 4) is 0 Å². The van der Waals surface area contributed by atoms with Gasteiger partial charge in [-0.3, -0.25) is 9.59 Å². The van der Waals surface area contributed by atoms with Crippen LogP contribution in [0.25, 0.3) is 0 Å². The van der Waals surface area contributed by atoms with Crippen molar-refractivity contribution in [3.05, 3.63) is 0 Å². The first kappa shape index (κ1) is 7.64. The summed E-state index contributed by atoms with van der Waals surface area (Å²) in [6.07, 6.45) is 0.914. The molecular weight excluding hydrogens is 157 g/mol. The van der Waals surface area contributed by atoms with Gasteiger partial charge in [0, 0.05) is 13.0 Å². The van der Waals surface area contributed by atoms with Crippen LogP contribution in [0.3, 0.4) is 0 Å². The molecule has 2 saturated heterocycles. The summed E-state index contributed by atoms with van der Waals surface area (Å²) in [6, 6.07) is -0.102. The summed E-state index contributed by atoms with van der Waals surface area (Å²) in [5.74, 6) is -0.684. The van der Waals surface area contributed by atoms with Gasteiger partial charge in [0.05, 0.1) is 12.5 Å². The van der Waals surface area contributed by atoms with Crippen LogP contribution in [-0.4, -0.2) is 43.2 Å². The Morgan fingerprint density at radius 3 is 3.08 bits per heavy atom. The van der Waals surface area contributed by atoms with E-state index in [4.69, 9.17) is 12.6 Å². The van der Waals surface area contributed by atoms with Crippen molar-refractivity contribution in [1.82, 2.24) is 4.90 Å². The van der Waals surface area contributed by atoms with E-state index in [0.29, 0.717) is 13.0 Å². The Balaban J connectivity index is 2.13. The monoisotopic (exact) mass is 165 g/mol. The fourth-order valence-electron chi connectivity index (χ4n) is 1.87. The molecule has 0 saturated carbocycles. The second-order valence-corrected chi connectivity index (χ2v) is 3.12. The molecule has 0 aromatic heterocycles. The average molecular weight is 165 g/mol. The first-order valence-electron chi connectivity index (χ1n) is 3.94. The molecular formula is C7H8BNO3. The number of hydrogen-bond acceptors (Lipinski definition) is 3. The molecule has 0 aliphatic carbocycles. The Hall–Kier alpha value is -0.995. The smallest absolute Gasteiger partial charge is 0.308 e. The third-order valence-electron chi connectivity index (χ3n) is 2.43. The van der Waals surface area contributed by atoms with E-state index in [2.05, 4.69) is 0 Å². The van der Waals surface area contributed by atoms with Crippen LogP contribution in [0.2, 0.25) is 0 Å². The number of ether oxygens (including phenoxy) is 1. The van der Waals surface area contributed by atoms with Gasteiger partial charge < -0.3 is 9.64 Å². The van der Waals surface area contributed by atoms with E-state index >= 15 is 0 Å². The van der Waals surface area contributed by atoms with Crippen molar-refractivity contribution in [2.45, 2.75) is 25.0 Å². The van der Waals surface area contributed by atoms with Crippen LogP contribution in [0.15, 0.2) is 0 Å². The largest absolute Gasteiger partial charge is 0.460 e. The Bertz CT molecular complexity index is 243. The van der Waals surface area contributed by atoms with Crippen LogP contribution >= 0.6 is 0 Å². The van der Waals surface area contributed by atoms with E-state index in [1.54, 1.807) is 0 Å². The standard InChI is InChI=1S/C7H8BNO3/c8-7(11)9-2-1-5-4(9)3-6(10)12-5/h4-5H,1-3H2. The minimum absolute atomic E-state index is 0.102. The molecule has 12 heavy (non-hydrogen) atoms. The van der Waals surface area contributed by atoms with Crippen molar-refractivity contribution >= 4 is 19.6 Å². The SMILES string of the molecule is [B]C(=O)N1CCC2OC(=O)CC21. The molecule has 2 fully saturated rings. The van der Waals surface area contributed by atoms with Crippen LogP contribution < -0.4 is 0 Å². The maximum absolute atomic E-state index is 10.8. The fraction of sp³-hybridized carbons (Fsp3) is 0.714. The van der Waals surface area contributed by atoms with Gasteiger partial charge in [0.25, 0.3) is 0 Å². The van der Waals surface area contributed by atoms with E-state index in [1.807, 2.05) is 0 Å². The van der Waals surface area contributed by atoms with Crippen LogP contribution in [0.4, 0.5) is 4.79 Å². The molecule has 0 aromatic rings. The average Bonchev–Trinajstić information content (AvgIpc) is 2.43. The van der Waals surface area contributed by atoms with Crippen molar-refractivity contribution in [2.75, 3.05) is 6.54 Å². The van der Waals surface area contributed by atoms with Crippen LogP contribution in [0, 0.1) is 0 Å². The number of carbonyl (C=O) groups excluding carboxylic acids is 2. The van der Waals surface area contributed by atoms with E-state index < -0.39 is 5.81 Å². The van der Waals surface area contributed by atoms with Crippen LogP contribution in [0.1, 0.15) is 12.8 Å². The van der Waals surface area contributed by atoms with Crippen molar-refractivity contribution in [1.29, 1.82) is 0 Å². The molecule has 2 rings (SSSR count). The van der Waals surface area contributed by atoms with Crippen molar-refractivity contribution < 1.29 is 14.3 Å². The number of likely N-dealkylation sites (tertiary alicyclic amines) is 1. The van der Waals surface area contributed by atoms with Gasteiger partial charge in [0.15, 0.2) is 5.81 Å². The number of esters is 1. The summed E-state index contributed by atoms with van der Waals surface area (Å²) in [4.78, 5) is 23.2. The van der Waals surface area contributed by atoms with Gasteiger partial charge in [-0.15, -0.1) is 0 Å². The number of hydrogen-bond donors (Lipinski definition) is 0. The van der Waals surface area contributed by atoms with Gasteiger partial charge in [-0.25, -0.2) is 0 Å². The molecule has 0 bridgehead atoms. The second-order valence-electron chi connectivity index (χ2n) is 3.12. The molecule has 1 amide bonds. The van der Waals surface area contributed by atoms with Gasteiger partial charge in [0.1, 0.15) is 6.10 Å². The number of amides is 1. The van der Waals surface area contributed by atoms with Crippen molar-refractivity contribution in [3.63, 3.8) is 0 Å². The molecule has 2 heterocycles. The van der Waals surface area contributed by atoms with Crippen molar-refractivity contribution in [2.24, 2.45) is 0 Å². The lowest BCUT2D eigenvalue weighted by Crippen LogP contribution is -2.36. The Morgan fingerprint density at radius 2 is 2.42 bits per heavy atom. The van der Waals surface area contributed by atoms with Gasteiger partial charge in [-0.1, -0.05) is 0 Å². The molecule has 2 atom stereocenters. The van der Waals surface area contributed by atoms with Gasteiger partial charge >= 0.3 is 5.97 Å². The predicted octanol–water partition coefficient (Wildman–Crippen LogP) is -0.335. The summed E-state index contributed by atoms with van der Waals surface area (Å²) in [5.41, 5.74) is 0. The first-order valence-corrected chi connectivity index (χ1v) is 3.94. The lowest BCUT2D eigenvalue weighted by atomic mass is 10.1. The van der Waals surface area contributed by atoms with Crippen LogP contribution in [0.5, 0.6) is 0 Å². The van der Waals surface area contributed by atoms with E-state index in [0.717, 1.165) is 6.42 Å². The molecule has 0 aromatic carbocycles. The highest BCUT2D eigenvalue weighted by atomic mass is 16.6. The molecule has 0 spiro atoms.